The predicted octanol–water partition coefficient (Wildman–Crippen LogP) is 0.266. The lowest BCUT2D eigenvalue weighted by Crippen LogP contribution is -2.34. The second kappa shape index (κ2) is 8.89. The van der Waals surface area contributed by atoms with Gasteiger partial charge in [-0.15, -0.1) is 0 Å². The molecule has 114 valence electrons. The van der Waals surface area contributed by atoms with Crippen LogP contribution in [0.3, 0.4) is 0 Å². The molecule has 0 radical (unpaired) electrons. The number of benzene rings is 1. The first-order chi connectivity index (χ1) is 10.1. The number of amides is 2. The molecule has 0 saturated heterocycles. The van der Waals surface area contributed by atoms with Crippen LogP contribution in [0.15, 0.2) is 30.3 Å². The van der Waals surface area contributed by atoms with Crippen LogP contribution < -0.4 is 5.73 Å². The predicted molar refractivity (Wildman–Crippen MR) is 79.5 cm³/mol. The van der Waals surface area contributed by atoms with Crippen LogP contribution in [0.25, 0.3) is 6.08 Å². The minimum Gasteiger partial charge on any atom is -0.395 e. The number of carbonyl (C=O) groups is 2. The van der Waals surface area contributed by atoms with E-state index in [1.54, 1.807) is 37.5 Å². The Kier molecular flexibility index (Phi) is 7.14. The molecule has 0 fully saturated rings. The molecule has 1 rings (SSSR count). The van der Waals surface area contributed by atoms with E-state index in [0.29, 0.717) is 18.7 Å². The molecule has 0 heterocycles. The average molecular weight is 292 g/mol. The van der Waals surface area contributed by atoms with Crippen molar-refractivity contribution >= 4 is 17.9 Å². The number of primary amides is 1. The Morgan fingerprint density at radius 1 is 1.29 bits per heavy atom. The highest BCUT2D eigenvalue weighted by molar-refractivity contribution is 5.94. The monoisotopic (exact) mass is 292 g/mol. The van der Waals surface area contributed by atoms with Crippen LogP contribution in [-0.4, -0.2) is 55.2 Å². The summed E-state index contributed by atoms with van der Waals surface area (Å²) in [6.07, 6.45) is 3.06. The number of nitrogens with two attached hydrogens (primary N) is 1. The average Bonchev–Trinajstić information content (AvgIpc) is 2.49. The number of aliphatic hydroxyl groups is 1. The number of hydrogen-bond donors (Lipinski definition) is 2. The maximum Gasteiger partial charge on any atom is 0.248 e. The smallest absolute Gasteiger partial charge is 0.248 e. The Morgan fingerprint density at radius 3 is 2.48 bits per heavy atom. The maximum absolute atomic E-state index is 12.0. The second-order valence-corrected chi connectivity index (χ2v) is 4.36. The van der Waals surface area contributed by atoms with Gasteiger partial charge in [-0.05, 0) is 23.8 Å². The van der Waals surface area contributed by atoms with E-state index in [-0.39, 0.29) is 19.1 Å². The van der Waals surface area contributed by atoms with Crippen LogP contribution in [-0.2, 0) is 9.53 Å². The number of rotatable bonds is 8. The molecule has 0 aliphatic rings. The number of hydrogen-bond acceptors (Lipinski definition) is 4. The lowest BCUT2D eigenvalue weighted by Gasteiger charge is -2.19. The zero-order valence-corrected chi connectivity index (χ0v) is 12.0. The van der Waals surface area contributed by atoms with Gasteiger partial charge in [-0.1, -0.05) is 12.1 Å². The fraction of sp³-hybridized carbons (Fsp3) is 0.333. The molecule has 6 heteroatoms. The van der Waals surface area contributed by atoms with E-state index in [9.17, 15) is 9.59 Å². The molecule has 0 aliphatic heterocycles. The first-order valence-corrected chi connectivity index (χ1v) is 6.55. The van der Waals surface area contributed by atoms with Gasteiger partial charge in [0.2, 0.25) is 11.8 Å². The highest BCUT2D eigenvalue weighted by atomic mass is 16.5. The third kappa shape index (κ3) is 5.76. The van der Waals surface area contributed by atoms with E-state index in [0.717, 1.165) is 5.56 Å². The Labute approximate surface area is 123 Å². The molecular weight excluding hydrogens is 272 g/mol. The number of carbonyl (C=O) groups excluding carboxylic acids is 2. The summed E-state index contributed by atoms with van der Waals surface area (Å²) in [4.78, 5) is 24.4. The van der Waals surface area contributed by atoms with E-state index in [1.807, 2.05) is 0 Å². The van der Waals surface area contributed by atoms with Crippen molar-refractivity contribution in [3.8, 4) is 0 Å². The molecule has 3 N–H and O–H groups in total. The van der Waals surface area contributed by atoms with Crippen LogP contribution >= 0.6 is 0 Å². The SMILES string of the molecule is COCCN(CCO)C(=O)/C=C/c1ccc(C(N)=O)cc1. The van der Waals surface area contributed by atoms with Crippen molar-refractivity contribution in [3.05, 3.63) is 41.5 Å². The highest BCUT2D eigenvalue weighted by Crippen LogP contribution is 2.06. The van der Waals surface area contributed by atoms with E-state index in [2.05, 4.69) is 0 Å². The Morgan fingerprint density at radius 2 is 1.95 bits per heavy atom. The van der Waals surface area contributed by atoms with E-state index >= 15 is 0 Å². The van der Waals surface area contributed by atoms with Crippen molar-refractivity contribution in [2.45, 2.75) is 0 Å². The molecular formula is C15H20N2O4. The fourth-order valence-corrected chi connectivity index (χ4v) is 1.69. The van der Waals surface area contributed by atoms with Crippen LogP contribution in [0, 0.1) is 0 Å². The number of ether oxygens (including phenoxy) is 1. The van der Waals surface area contributed by atoms with Crippen molar-refractivity contribution in [3.63, 3.8) is 0 Å². The van der Waals surface area contributed by atoms with Crippen LogP contribution in [0.2, 0.25) is 0 Å². The van der Waals surface area contributed by atoms with E-state index in [4.69, 9.17) is 15.6 Å². The summed E-state index contributed by atoms with van der Waals surface area (Å²) in [6, 6.07) is 6.61. The van der Waals surface area contributed by atoms with Gasteiger partial charge in [0.05, 0.1) is 13.2 Å². The molecule has 0 aromatic heterocycles. The van der Waals surface area contributed by atoms with Crippen molar-refractivity contribution in [2.75, 3.05) is 33.4 Å². The largest absolute Gasteiger partial charge is 0.395 e. The van der Waals surface area contributed by atoms with Crippen molar-refractivity contribution in [2.24, 2.45) is 5.73 Å². The van der Waals surface area contributed by atoms with Crippen LogP contribution in [0.4, 0.5) is 0 Å². The second-order valence-electron chi connectivity index (χ2n) is 4.36. The first kappa shape index (κ1) is 16.9. The summed E-state index contributed by atoms with van der Waals surface area (Å²) < 4.78 is 4.92. The number of methoxy groups -OCH3 is 1. The number of aliphatic hydroxyl groups excluding tert-OH is 1. The third-order valence-electron chi connectivity index (χ3n) is 2.86. The molecule has 0 aliphatic carbocycles. The maximum atomic E-state index is 12.0. The summed E-state index contributed by atoms with van der Waals surface area (Å²) >= 11 is 0. The zero-order chi connectivity index (χ0) is 15.7. The molecule has 0 bridgehead atoms. The quantitative estimate of drug-likeness (QED) is 0.672. The van der Waals surface area contributed by atoms with Crippen LogP contribution in [0.5, 0.6) is 0 Å². The Hall–Kier alpha value is -2.18. The van der Waals surface area contributed by atoms with Gasteiger partial charge >= 0.3 is 0 Å². The fourth-order valence-electron chi connectivity index (χ4n) is 1.69. The lowest BCUT2D eigenvalue weighted by atomic mass is 10.1. The normalized spacial score (nSPS) is 10.8. The van der Waals surface area contributed by atoms with E-state index < -0.39 is 5.91 Å². The van der Waals surface area contributed by atoms with Gasteiger partial charge in [-0.2, -0.15) is 0 Å². The van der Waals surface area contributed by atoms with Crippen molar-refractivity contribution in [1.29, 1.82) is 0 Å². The van der Waals surface area contributed by atoms with Crippen molar-refractivity contribution in [1.82, 2.24) is 4.90 Å². The van der Waals surface area contributed by atoms with Crippen molar-refractivity contribution < 1.29 is 19.4 Å². The molecule has 0 atom stereocenters. The molecule has 0 spiro atoms. The molecule has 21 heavy (non-hydrogen) atoms. The topological polar surface area (TPSA) is 92.9 Å². The third-order valence-corrected chi connectivity index (χ3v) is 2.86. The van der Waals surface area contributed by atoms with Gasteiger partial charge in [0, 0.05) is 31.8 Å². The number of nitrogens with zero attached hydrogens (tertiary/aromatic N) is 1. The molecule has 0 saturated carbocycles. The Balaban J connectivity index is 2.68. The first-order valence-electron chi connectivity index (χ1n) is 6.55. The van der Waals surface area contributed by atoms with Crippen LogP contribution in [0.1, 0.15) is 15.9 Å². The summed E-state index contributed by atoms with van der Waals surface area (Å²) in [7, 11) is 1.55. The molecule has 2 amide bonds. The Bertz CT molecular complexity index is 497. The summed E-state index contributed by atoms with van der Waals surface area (Å²) in [5, 5.41) is 8.95. The van der Waals surface area contributed by atoms with Gasteiger partial charge in [0.1, 0.15) is 0 Å². The minimum atomic E-state index is -0.490. The standard InChI is InChI=1S/C15H20N2O4/c1-21-11-9-17(8-10-18)14(19)7-4-12-2-5-13(6-3-12)15(16)20/h2-7,18H,8-11H2,1H3,(H2,16,20)/b7-4+. The summed E-state index contributed by atoms with van der Waals surface area (Å²) in [5.74, 6) is -0.699. The zero-order valence-electron chi connectivity index (χ0n) is 12.0. The van der Waals surface area contributed by atoms with Gasteiger partial charge in [0.25, 0.3) is 0 Å². The molecule has 1 aromatic carbocycles. The van der Waals surface area contributed by atoms with Gasteiger partial charge in [0.15, 0.2) is 0 Å². The van der Waals surface area contributed by atoms with Gasteiger partial charge in [-0.25, -0.2) is 0 Å². The summed E-state index contributed by atoms with van der Waals surface area (Å²) in [6.45, 7) is 0.984. The van der Waals surface area contributed by atoms with Gasteiger partial charge in [-0.3, -0.25) is 9.59 Å². The molecule has 6 nitrogen and oxygen atoms in total. The van der Waals surface area contributed by atoms with E-state index in [1.165, 1.54) is 11.0 Å². The lowest BCUT2D eigenvalue weighted by molar-refractivity contribution is -0.127. The molecule has 1 aromatic rings. The highest BCUT2D eigenvalue weighted by Gasteiger charge is 2.09. The summed E-state index contributed by atoms with van der Waals surface area (Å²) in [5.41, 5.74) is 6.35. The minimum absolute atomic E-state index is 0.101. The van der Waals surface area contributed by atoms with Gasteiger partial charge < -0.3 is 20.5 Å². The molecule has 0 unspecified atom stereocenters.